The average Bonchev–Trinajstić information content (AvgIpc) is 2.47. The molecule has 0 saturated carbocycles. The molecule has 0 spiro atoms. The molecule has 0 aromatic carbocycles. The van der Waals surface area contributed by atoms with Gasteiger partial charge < -0.3 is 10.5 Å². The van der Waals surface area contributed by atoms with Gasteiger partial charge in [0.2, 0.25) is 10.0 Å². The molecule has 124 valence electrons. The molecule has 6 nitrogen and oxygen atoms in total. The second-order valence-corrected chi connectivity index (χ2v) is 8.30. The summed E-state index contributed by atoms with van der Waals surface area (Å²) in [6, 6.07) is 0. The van der Waals surface area contributed by atoms with Crippen LogP contribution in [0.1, 0.15) is 32.6 Å². The van der Waals surface area contributed by atoms with Gasteiger partial charge in [0.1, 0.15) is 0 Å². The SMILES string of the molecule is CCCC1CC(CN)(N2CCN(S(C)(=O)=O)CC2)CCO1. The Morgan fingerprint density at radius 1 is 1.29 bits per heavy atom. The minimum absolute atomic E-state index is 0.0122. The molecule has 21 heavy (non-hydrogen) atoms. The molecule has 2 heterocycles. The predicted molar refractivity (Wildman–Crippen MR) is 83.7 cm³/mol. The molecule has 7 heteroatoms. The summed E-state index contributed by atoms with van der Waals surface area (Å²) in [7, 11) is -3.08. The van der Waals surface area contributed by atoms with E-state index in [1.807, 2.05) is 0 Å². The molecule has 2 fully saturated rings. The molecular weight excluding hydrogens is 290 g/mol. The first kappa shape index (κ1) is 17.1. The van der Waals surface area contributed by atoms with Crippen LogP contribution in [0.4, 0.5) is 0 Å². The van der Waals surface area contributed by atoms with Crippen LogP contribution in [0, 0.1) is 0 Å². The molecule has 2 aliphatic rings. The van der Waals surface area contributed by atoms with Gasteiger partial charge in [-0.05, 0) is 19.3 Å². The zero-order chi connectivity index (χ0) is 15.5. The normalized spacial score (nSPS) is 33.2. The Kier molecular flexibility index (Phi) is 5.65. The molecule has 0 aromatic rings. The minimum atomic E-state index is -3.08. The lowest BCUT2D eigenvalue weighted by atomic mass is 9.83. The van der Waals surface area contributed by atoms with Gasteiger partial charge in [-0.3, -0.25) is 4.90 Å². The van der Waals surface area contributed by atoms with Gasteiger partial charge in [-0.25, -0.2) is 8.42 Å². The zero-order valence-corrected chi connectivity index (χ0v) is 14.1. The van der Waals surface area contributed by atoms with Crippen molar-refractivity contribution in [2.24, 2.45) is 5.73 Å². The Hall–Kier alpha value is -0.210. The maximum absolute atomic E-state index is 11.6. The van der Waals surface area contributed by atoms with Crippen LogP contribution in [0.15, 0.2) is 0 Å². The third-order valence-electron chi connectivity index (χ3n) is 4.90. The Bertz CT molecular complexity index is 433. The first-order valence-electron chi connectivity index (χ1n) is 7.93. The first-order valence-corrected chi connectivity index (χ1v) is 9.78. The van der Waals surface area contributed by atoms with Crippen molar-refractivity contribution in [3.63, 3.8) is 0 Å². The number of rotatable bonds is 5. The summed E-state index contributed by atoms with van der Waals surface area (Å²) in [5.74, 6) is 0. The quantitative estimate of drug-likeness (QED) is 0.785. The summed E-state index contributed by atoms with van der Waals surface area (Å²) in [6.45, 7) is 6.22. The van der Waals surface area contributed by atoms with Gasteiger partial charge in [0.15, 0.2) is 0 Å². The Morgan fingerprint density at radius 3 is 2.48 bits per heavy atom. The summed E-state index contributed by atoms with van der Waals surface area (Å²) < 4.78 is 30.7. The van der Waals surface area contributed by atoms with Crippen molar-refractivity contribution in [1.82, 2.24) is 9.21 Å². The van der Waals surface area contributed by atoms with Crippen LogP contribution in [0.25, 0.3) is 0 Å². The van der Waals surface area contributed by atoms with Gasteiger partial charge in [0.05, 0.1) is 12.4 Å². The molecule has 2 unspecified atom stereocenters. The van der Waals surface area contributed by atoms with Crippen LogP contribution in [0.2, 0.25) is 0 Å². The van der Waals surface area contributed by atoms with Crippen LogP contribution in [0.5, 0.6) is 0 Å². The molecule has 0 amide bonds. The van der Waals surface area contributed by atoms with Gasteiger partial charge in [-0.2, -0.15) is 4.31 Å². The van der Waals surface area contributed by atoms with Gasteiger partial charge in [0, 0.05) is 44.9 Å². The van der Waals surface area contributed by atoms with Crippen LogP contribution >= 0.6 is 0 Å². The number of piperazine rings is 1. The second kappa shape index (κ2) is 6.91. The fourth-order valence-electron chi connectivity index (χ4n) is 3.60. The molecule has 0 radical (unpaired) electrons. The van der Waals surface area contributed by atoms with E-state index in [1.54, 1.807) is 4.31 Å². The Morgan fingerprint density at radius 2 is 1.95 bits per heavy atom. The van der Waals surface area contributed by atoms with Crippen molar-refractivity contribution in [1.29, 1.82) is 0 Å². The lowest BCUT2D eigenvalue weighted by molar-refractivity contribution is -0.0801. The number of sulfonamides is 1. The van der Waals surface area contributed by atoms with Gasteiger partial charge in [0.25, 0.3) is 0 Å². The monoisotopic (exact) mass is 319 g/mol. The van der Waals surface area contributed by atoms with Crippen LogP contribution in [-0.4, -0.2) is 74.9 Å². The average molecular weight is 319 g/mol. The van der Waals surface area contributed by atoms with E-state index >= 15 is 0 Å². The lowest BCUT2D eigenvalue weighted by Crippen LogP contribution is -2.63. The van der Waals surface area contributed by atoms with E-state index in [-0.39, 0.29) is 5.54 Å². The van der Waals surface area contributed by atoms with Crippen molar-refractivity contribution in [3.05, 3.63) is 0 Å². The van der Waals surface area contributed by atoms with Crippen molar-refractivity contribution in [3.8, 4) is 0 Å². The van der Waals surface area contributed by atoms with Crippen molar-refractivity contribution in [2.45, 2.75) is 44.2 Å². The first-order chi connectivity index (χ1) is 9.91. The highest BCUT2D eigenvalue weighted by molar-refractivity contribution is 7.88. The number of nitrogens with zero attached hydrogens (tertiary/aromatic N) is 2. The van der Waals surface area contributed by atoms with E-state index in [4.69, 9.17) is 10.5 Å². The minimum Gasteiger partial charge on any atom is -0.378 e. The highest BCUT2D eigenvalue weighted by Crippen LogP contribution is 2.32. The van der Waals surface area contributed by atoms with E-state index in [1.165, 1.54) is 6.26 Å². The molecule has 0 bridgehead atoms. The maximum atomic E-state index is 11.6. The Labute approximate surface area is 128 Å². The van der Waals surface area contributed by atoms with Crippen LogP contribution in [-0.2, 0) is 14.8 Å². The summed E-state index contributed by atoms with van der Waals surface area (Å²) in [5, 5.41) is 0. The van der Waals surface area contributed by atoms with E-state index in [2.05, 4.69) is 11.8 Å². The fourth-order valence-corrected chi connectivity index (χ4v) is 4.43. The number of hydrogen-bond donors (Lipinski definition) is 1. The van der Waals surface area contributed by atoms with Crippen LogP contribution < -0.4 is 5.73 Å². The Balaban J connectivity index is 2.01. The summed E-state index contributed by atoms with van der Waals surface area (Å²) in [4.78, 5) is 2.40. The molecule has 2 rings (SSSR count). The standard InChI is InChI=1S/C14H29N3O3S/c1-3-4-13-11-14(12-15,5-10-20-13)16-6-8-17(9-7-16)21(2,18)19/h13H,3-12,15H2,1-2H3. The predicted octanol–water partition coefficient (Wildman–Crippen LogP) is 0.240. The molecule has 0 aliphatic carbocycles. The number of hydrogen-bond acceptors (Lipinski definition) is 5. The van der Waals surface area contributed by atoms with E-state index in [0.717, 1.165) is 45.4 Å². The molecular formula is C14H29N3O3S. The summed E-state index contributed by atoms with van der Waals surface area (Å²) >= 11 is 0. The molecule has 2 saturated heterocycles. The van der Waals surface area contributed by atoms with E-state index in [9.17, 15) is 8.42 Å². The number of nitrogens with two attached hydrogens (primary N) is 1. The van der Waals surface area contributed by atoms with Gasteiger partial charge in [-0.1, -0.05) is 13.3 Å². The topological polar surface area (TPSA) is 75.9 Å². The highest BCUT2D eigenvalue weighted by Gasteiger charge is 2.42. The molecule has 2 N–H and O–H groups in total. The van der Waals surface area contributed by atoms with Crippen molar-refractivity contribution in [2.75, 3.05) is 45.6 Å². The summed E-state index contributed by atoms with van der Waals surface area (Å²) in [6.07, 6.45) is 5.68. The third kappa shape index (κ3) is 3.96. The fraction of sp³-hybridized carbons (Fsp3) is 1.00. The lowest BCUT2D eigenvalue weighted by Gasteiger charge is -2.50. The molecule has 0 aromatic heterocycles. The summed E-state index contributed by atoms with van der Waals surface area (Å²) in [5.41, 5.74) is 6.11. The van der Waals surface area contributed by atoms with E-state index in [0.29, 0.717) is 25.7 Å². The van der Waals surface area contributed by atoms with Crippen molar-refractivity contribution < 1.29 is 13.2 Å². The largest absolute Gasteiger partial charge is 0.378 e. The van der Waals surface area contributed by atoms with E-state index < -0.39 is 10.0 Å². The highest BCUT2D eigenvalue weighted by atomic mass is 32.2. The zero-order valence-electron chi connectivity index (χ0n) is 13.3. The second-order valence-electron chi connectivity index (χ2n) is 6.31. The molecule has 2 atom stereocenters. The van der Waals surface area contributed by atoms with Crippen molar-refractivity contribution >= 4 is 10.0 Å². The maximum Gasteiger partial charge on any atom is 0.211 e. The smallest absolute Gasteiger partial charge is 0.211 e. The van der Waals surface area contributed by atoms with Gasteiger partial charge in [-0.15, -0.1) is 0 Å². The third-order valence-corrected chi connectivity index (χ3v) is 6.20. The number of ether oxygens (including phenoxy) is 1. The molecule has 2 aliphatic heterocycles. The van der Waals surface area contributed by atoms with Gasteiger partial charge >= 0.3 is 0 Å². The van der Waals surface area contributed by atoms with Crippen LogP contribution in [0.3, 0.4) is 0 Å².